The summed E-state index contributed by atoms with van der Waals surface area (Å²) in [5.41, 5.74) is -0.203. The smallest absolute Gasteiger partial charge is 0.343 e. The minimum Gasteiger partial charge on any atom is -0.497 e. The van der Waals surface area contributed by atoms with Crippen LogP contribution in [0.2, 0.25) is 0 Å². The molecule has 0 saturated carbocycles. The van der Waals surface area contributed by atoms with Crippen molar-refractivity contribution in [3.63, 3.8) is 0 Å². The standard InChI is InChI=1S/C16H14N2O6/c1-8-6-11-13(16(19)23-8)12(14(18(20)21)15(17)24-11)9-4-3-5-10(7-9)22-2/h3-7,12,14,17H,1-2H3. The summed E-state index contributed by atoms with van der Waals surface area (Å²) >= 11 is 0. The lowest BCUT2D eigenvalue weighted by Gasteiger charge is -2.27. The Morgan fingerprint density at radius 3 is 2.75 bits per heavy atom. The Labute approximate surface area is 136 Å². The highest BCUT2D eigenvalue weighted by molar-refractivity contribution is 5.84. The Kier molecular flexibility index (Phi) is 3.80. The van der Waals surface area contributed by atoms with E-state index >= 15 is 0 Å². The Bertz CT molecular complexity index is 888. The lowest BCUT2D eigenvalue weighted by atomic mass is 9.83. The molecule has 1 N–H and O–H groups in total. The molecule has 0 saturated heterocycles. The van der Waals surface area contributed by atoms with Gasteiger partial charge in [-0.2, -0.15) is 0 Å². The van der Waals surface area contributed by atoms with Gasteiger partial charge in [-0.05, 0) is 24.6 Å². The second kappa shape index (κ2) is 5.80. The lowest BCUT2D eigenvalue weighted by Crippen LogP contribution is -2.44. The van der Waals surface area contributed by atoms with E-state index in [-0.39, 0.29) is 11.3 Å². The molecule has 2 unspecified atom stereocenters. The van der Waals surface area contributed by atoms with Gasteiger partial charge in [0.05, 0.1) is 18.6 Å². The molecule has 24 heavy (non-hydrogen) atoms. The number of fused-ring (bicyclic) bond motifs is 1. The van der Waals surface area contributed by atoms with Gasteiger partial charge < -0.3 is 13.9 Å². The van der Waals surface area contributed by atoms with Crippen LogP contribution in [0.5, 0.6) is 11.5 Å². The van der Waals surface area contributed by atoms with Crippen LogP contribution < -0.4 is 15.1 Å². The number of ether oxygens (including phenoxy) is 2. The zero-order chi connectivity index (χ0) is 17.4. The van der Waals surface area contributed by atoms with Gasteiger partial charge in [0.25, 0.3) is 11.9 Å². The third-order valence-electron chi connectivity index (χ3n) is 3.87. The van der Waals surface area contributed by atoms with Crippen molar-refractivity contribution in [2.45, 2.75) is 18.9 Å². The highest BCUT2D eigenvalue weighted by atomic mass is 16.6. The molecular formula is C16H14N2O6. The first kappa shape index (κ1) is 15.7. The predicted octanol–water partition coefficient (Wildman–Crippen LogP) is 2.10. The summed E-state index contributed by atoms with van der Waals surface area (Å²) in [5, 5.41) is 19.4. The number of nitrogens with one attached hydrogen (secondary N) is 1. The summed E-state index contributed by atoms with van der Waals surface area (Å²) in [6.45, 7) is 1.56. The number of aryl methyl sites for hydroxylation is 1. The molecule has 2 heterocycles. The highest BCUT2D eigenvalue weighted by Gasteiger charge is 2.47. The maximum atomic E-state index is 12.3. The first-order valence-corrected chi connectivity index (χ1v) is 7.10. The molecule has 8 heteroatoms. The van der Waals surface area contributed by atoms with Crippen LogP contribution in [0.3, 0.4) is 0 Å². The van der Waals surface area contributed by atoms with E-state index in [1.807, 2.05) is 0 Å². The third-order valence-corrected chi connectivity index (χ3v) is 3.87. The molecule has 0 amide bonds. The second-order valence-electron chi connectivity index (χ2n) is 5.37. The fourth-order valence-corrected chi connectivity index (χ4v) is 2.85. The van der Waals surface area contributed by atoms with E-state index < -0.39 is 28.4 Å². The minimum atomic E-state index is -1.52. The average molecular weight is 330 g/mol. The Morgan fingerprint density at radius 2 is 2.08 bits per heavy atom. The molecule has 3 rings (SSSR count). The van der Waals surface area contributed by atoms with Gasteiger partial charge in [-0.3, -0.25) is 15.5 Å². The molecule has 124 valence electrons. The Hall–Kier alpha value is -3.16. The number of methoxy groups -OCH3 is 1. The largest absolute Gasteiger partial charge is 0.497 e. The van der Waals surface area contributed by atoms with Crippen molar-refractivity contribution in [3.8, 4) is 11.5 Å². The zero-order valence-electron chi connectivity index (χ0n) is 12.9. The van der Waals surface area contributed by atoms with E-state index in [0.717, 1.165) is 0 Å². The van der Waals surface area contributed by atoms with Crippen LogP contribution >= 0.6 is 0 Å². The van der Waals surface area contributed by atoms with Crippen LogP contribution in [-0.4, -0.2) is 24.0 Å². The van der Waals surface area contributed by atoms with Crippen molar-refractivity contribution in [2.75, 3.05) is 7.11 Å². The molecule has 1 aromatic heterocycles. The fourth-order valence-electron chi connectivity index (χ4n) is 2.85. The van der Waals surface area contributed by atoms with E-state index in [9.17, 15) is 14.9 Å². The summed E-state index contributed by atoms with van der Waals surface area (Å²) in [5.74, 6) is -0.616. The number of nitrogens with zero attached hydrogens (tertiary/aromatic N) is 1. The summed E-state index contributed by atoms with van der Waals surface area (Å²) < 4.78 is 15.5. The van der Waals surface area contributed by atoms with Crippen molar-refractivity contribution in [3.05, 3.63) is 67.8 Å². The summed E-state index contributed by atoms with van der Waals surface area (Å²) in [6, 6.07) is 6.53. The van der Waals surface area contributed by atoms with E-state index in [1.54, 1.807) is 31.2 Å². The molecule has 1 aliphatic heterocycles. The van der Waals surface area contributed by atoms with Crippen LogP contribution in [0, 0.1) is 22.4 Å². The predicted molar refractivity (Wildman–Crippen MR) is 83.7 cm³/mol. The number of hydrogen-bond donors (Lipinski definition) is 1. The van der Waals surface area contributed by atoms with Gasteiger partial charge in [-0.1, -0.05) is 12.1 Å². The fraction of sp³-hybridized carbons (Fsp3) is 0.250. The monoisotopic (exact) mass is 330 g/mol. The molecule has 1 aromatic carbocycles. The van der Waals surface area contributed by atoms with E-state index in [2.05, 4.69) is 0 Å². The molecule has 0 radical (unpaired) electrons. The molecular weight excluding hydrogens is 316 g/mol. The van der Waals surface area contributed by atoms with Gasteiger partial charge in [0.2, 0.25) is 0 Å². The average Bonchev–Trinajstić information content (AvgIpc) is 2.52. The van der Waals surface area contributed by atoms with E-state index in [0.29, 0.717) is 17.1 Å². The topological polar surface area (TPSA) is 116 Å². The van der Waals surface area contributed by atoms with Gasteiger partial charge in [-0.25, -0.2) is 4.79 Å². The summed E-state index contributed by atoms with van der Waals surface area (Å²) in [6.07, 6.45) is 0. The van der Waals surface area contributed by atoms with E-state index in [4.69, 9.17) is 19.3 Å². The summed E-state index contributed by atoms with van der Waals surface area (Å²) in [4.78, 5) is 23.2. The van der Waals surface area contributed by atoms with Crippen LogP contribution in [-0.2, 0) is 0 Å². The van der Waals surface area contributed by atoms with Gasteiger partial charge in [0.15, 0.2) is 0 Å². The molecule has 0 fully saturated rings. The van der Waals surface area contributed by atoms with Crippen LogP contribution in [0.15, 0.2) is 39.5 Å². The number of nitro groups is 1. The molecule has 0 spiro atoms. The number of hydrogen-bond acceptors (Lipinski definition) is 7. The molecule has 8 nitrogen and oxygen atoms in total. The minimum absolute atomic E-state index is 0.0338. The van der Waals surface area contributed by atoms with Crippen molar-refractivity contribution in [2.24, 2.45) is 0 Å². The third kappa shape index (κ3) is 2.51. The lowest BCUT2D eigenvalue weighted by molar-refractivity contribution is -0.508. The normalized spacial score (nSPS) is 19.3. The molecule has 2 atom stereocenters. The van der Waals surface area contributed by atoms with Crippen molar-refractivity contribution < 1.29 is 18.8 Å². The van der Waals surface area contributed by atoms with Gasteiger partial charge in [0, 0.05) is 11.0 Å². The van der Waals surface area contributed by atoms with Crippen LogP contribution in [0.1, 0.15) is 22.8 Å². The maximum absolute atomic E-state index is 12.3. The van der Waals surface area contributed by atoms with E-state index in [1.165, 1.54) is 13.2 Å². The maximum Gasteiger partial charge on any atom is 0.343 e. The summed E-state index contributed by atoms with van der Waals surface area (Å²) in [7, 11) is 1.47. The first-order valence-electron chi connectivity index (χ1n) is 7.10. The van der Waals surface area contributed by atoms with Crippen LogP contribution in [0.4, 0.5) is 0 Å². The van der Waals surface area contributed by atoms with Crippen LogP contribution in [0.25, 0.3) is 0 Å². The quantitative estimate of drug-likeness (QED) is 0.680. The van der Waals surface area contributed by atoms with Gasteiger partial charge >= 0.3 is 5.63 Å². The van der Waals surface area contributed by atoms with Crippen molar-refractivity contribution in [1.82, 2.24) is 0 Å². The Balaban J connectivity index is 2.28. The zero-order valence-corrected chi connectivity index (χ0v) is 12.9. The second-order valence-corrected chi connectivity index (χ2v) is 5.37. The van der Waals surface area contributed by atoms with Gasteiger partial charge in [-0.15, -0.1) is 0 Å². The first-order chi connectivity index (χ1) is 11.4. The molecule has 0 aliphatic carbocycles. The molecule has 0 bridgehead atoms. The van der Waals surface area contributed by atoms with Gasteiger partial charge in [0.1, 0.15) is 17.3 Å². The highest BCUT2D eigenvalue weighted by Crippen LogP contribution is 2.39. The Morgan fingerprint density at radius 1 is 1.33 bits per heavy atom. The SMILES string of the molecule is COc1cccc(C2c3c(cc(C)oc3=O)OC(=N)C2[N+](=O)[O-])c1. The van der Waals surface area contributed by atoms with Crippen molar-refractivity contribution >= 4 is 5.90 Å². The molecule has 2 aromatic rings. The molecule has 1 aliphatic rings. The number of rotatable bonds is 3. The van der Waals surface area contributed by atoms with Crippen molar-refractivity contribution in [1.29, 1.82) is 5.41 Å². The number of benzene rings is 1.